The molecule has 0 spiro atoms. The van der Waals surface area contributed by atoms with Crippen LogP contribution in [0.5, 0.6) is 11.5 Å². The first-order chi connectivity index (χ1) is 11.0. The highest BCUT2D eigenvalue weighted by molar-refractivity contribution is 7.89. The minimum Gasteiger partial charge on any atom is -0.454 e. The Morgan fingerprint density at radius 1 is 1.04 bits per heavy atom. The molecule has 0 radical (unpaired) electrons. The predicted octanol–water partition coefficient (Wildman–Crippen LogP) is 3.24. The number of benzene rings is 2. The molecule has 8 heteroatoms. The predicted molar refractivity (Wildman–Crippen MR) is 87.9 cm³/mol. The van der Waals surface area contributed by atoms with E-state index in [9.17, 15) is 8.42 Å². The molecule has 1 aliphatic rings. The van der Waals surface area contributed by atoms with E-state index >= 15 is 0 Å². The molecular weight excluding hydrogens is 361 g/mol. The van der Waals surface area contributed by atoms with Gasteiger partial charge in [-0.05, 0) is 42.3 Å². The van der Waals surface area contributed by atoms with Gasteiger partial charge in [0.05, 0.1) is 5.02 Å². The second-order valence-corrected chi connectivity index (χ2v) is 7.49. The van der Waals surface area contributed by atoms with Crippen LogP contribution in [0.15, 0.2) is 41.3 Å². The fourth-order valence-corrected chi connectivity index (χ4v) is 3.98. The van der Waals surface area contributed by atoms with E-state index in [1.54, 1.807) is 6.07 Å². The molecule has 0 amide bonds. The number of nitrogens with one attached hydrogen (secondary N) is 1. The summed E-state index contributed by atoms with van der Waals surface area (Å²) < 4.78 is 37.6. The van der Waals surface area contributed by atoms with E-state index in [1.165, 1.54) is 18.2 Å². The maximum absolute atomic E-state index is 12.3. The summed E-state index contributed by atoms with van der Waals surface area (Å²) in [4.78, 5) is -0.0302. The van der Waals surface area contributed by atoms with E-state index in [0.717, 1.165) is 5.56 Å². The molecule has 0 atom stereocenters. The minimum absolute atomic E-state index is 0.0302. The minimum atomic E-state index is -3.72. The Morgan fingerprint density at radius 2 is 1.83 bits per heavy atom. The normalized spacial score (nSPS) is 13.3. The van der Waals surface area contributed by atoms with Crippen LogP contribution in [0.1, 0.15) is 5.56 Å². The van der Waals surface area contributed by atoms with Crippen LogP contribution in [0.3, 0.4) is 0 Å². The van der Waals surface area contributed by atoms with E-state index in [-0.39, 0.29) is 23.3 Å². The second kappa shape index (κ2) is 6.57. The van der Waals surface area contributed by atoms with Gasteiger partial charge in [0.2, 0.25) is 16.8 Å². The van der Waals surface area contributed by atoms with Gasteiger partial charge in [-0.15, -0.1) is 0 Å². The summed E-state index contributed by atoms with van der Waals surface area (Å²) in [6, 6.07) is 9.83. The average Bonchev–Trinajstić information content (AvgIpc) is 2.97. The summed E-state index contributed by atoms with van der Waals surface area (Å²) in [5.74, 6) is 1.36. The average molecular weight is 374 g/mol. The van der Waals surface area contributed by atoms with Crippen molar-refractivity contribution in [2.24, 2.45) is 0 Å². The van der Waals surface area contributed by atoms with Crippen molar-refractivity contribution in [1.82, 2.24) is 4.72 Å². The second-order valence-electron chi connectivity index (χ2n) is 4.91. The summed E-state index contributed by atoms with van der Waals surface area (Å²) in [6.07, 6.45) is 0.508. The largest absolute Gasteiger partial charge is 0.454 e. The van der Waals surface area contributed by atoms with Crippen LogP contribution in [-0.2, 0) is 16.4 Å². The molecule has 0 fully saturated rings. The lowest BCUT2D eigenvalue weighted by Crippen LogP contribution is -2.26. The molecule has 0 unspecified atom stereocenters. The molecular formula is C15H13Cl2NO4S. The van der Waals surface area contributed by atoms with Gasteiger partial charge in [-0.3, -0.25) is 0 Å². The first-order valence-corrected chi connectivity index (χ1v) is 9.03. The van der Waals surface area contributed by atoms with Crippen molar-refractivity contribution in [2.45, 2.75) is 11.3 Å². The molecule has 5 nitrogen and oxygen atoms in total. The number of ether oxygens (including phenoxy) is 2. The molecule has 1 N–H and O–H groups in total. The topological polar surface area (TPSA) is 64.6 Å². The van der Waals surface area contributed by atoms with Crippen molar-refractivity contribution in [1.29, 1.82) is 0 Å². The SMILES string of the molecule is O=S(=O)(NCCc1ccc2c(c1)OCO2)c1cc(Cl)ccc1Cl. The maximum Gasteiger partial charge on any atom is 0.242 e. The molecule has 1 heterocycles. The summed E-state index contributed by atoms with van der Waals surface area (Å²) in [5, 5.41) is 0.440. The molecule has 0 saturated heterocycles. The van der Waals surface area contributed by atoms with Crippen LogP contribution < -0.4 is 14.2 Å². The summed E-state index contributed by atoms with van der Waals surface area (Å²) in [6.45, 7) is 0.434. The first kappa shape index (κ1) is 16.4. The van der Waals surface area contributed by atoms with Gasteiger partial charge in [-0.2, -0.15) is 0 Å². The fourth-order valence-electron chi connectivity index (χ4n) is 2.19. The third-order valence-corrected chi connectivity index (χ3v) is 5.50. The number of hydrogen-bond donors (Lipinski definition) is 1. The van der Waals surface area contributed by atoms with Gasteiger partial charge < -0.3 is 9.47 Å². The third-order valence-electron chi connectivity index (χ3n) is 3.33. The van der Waals surface area contributed by atoms with E-state index < -0.39 is 10.0 Å². The smallest absolute Gasteiger partial charge is 0.242 e. The lowest BCUT2D eigenvalue weighted by atomic mass is 10.1. The number of halogens is 2. The Labute approximate surface area is 144 Å². The summed E-state index contributed by atoms with van der Waals surface area (Å²) in [5.41, 5.74) is 0.939. The van der Waals surface area contributed by atoms with Crippen LogP contribution in [0.25, 0.3) is 0 Å². The Morgan fingerprint density at radius 3 is 2.65 bits per heavy atom. The third kappa shape index (κ3) is 3.72. The number of sulfonamides is 1. The zero-order valence-corrected chi connectivity index (χ0v) is 14.2. The van der Waals surface area contributed by atoms with Gasteiger partial charge >= 0.3 is 0 Å². The highest BCUT2D eigenvalue weighted by Crippen LogP contribution is 2.32. The standard InChI is InChI=1S/C15H13Cl2NO4S/c16-11-2-3-12(17)15(8-11)23(19,20)18-6-5-10-1-4-13-14(7-10)22-9-21-13/h1-4,7-8,18H,5-6,9H2. The van der Waals surface area contributed by atoms with Crippen LogP contribution in [0, 0.1) is 0 Å². The molecule has 0 bridgehead atoms. The molecule has 0 saturated carbocycles. The molecule has 2 aromatic carbocycles. The Bertz CT molecular complexity index is 839. The van der Waals surface area contributed by atoms with E-state index in [1.807, 2.05) is 12.1 Å². The fraction of sp³-hybridized carbons (Fsp3) is 0.200. The van der Waals surface area contributed by atoms with Crippen LogP contribution in [0.4, 0.5) is 0 Å². The molecule has 2 aromatic rings. The zero-order valence-electron chi connectivity index (χ0n) is 11.9. The van der Waals surface area contributed by atoms with Crippen molar-refractivity contribution < 1.29 is 17.9 Å². The highest BCUT2D eigenvalue weighted by Gasteiger charge is 2.18. The number of rotatable bonds is 5. The Hall–Kier alpha value is -1.47. The maximum atomic E-state index is 12.3. The quantitative estimate of drug-likeness (QED) is 0.873. The Balaban J connectivity index is 1.67. The molecule has 3 rings (SSSR count). The first-order valence-electron chi connectivity index (χ1n) is 6.79. The molecule has 0 aliphatic carbocycles. The number of fused-ring (bicyclic) bond motifs is 1. The van der Waals surface area contributed by atoms with Gasteiger partial charge in [-0.1, -0.05) is 29.3 Å². The van der Waals surface area contributed by atoms with E-state index in [0.29, 0.717) is 22.9 Å². The summed E-state index contributed by atoms with van der Waals surface area (Å²) in [7, 11) is -3.72. The highest BCUT2D eigenvalue weighted by atomic mass is 35.5. The van der Waals surface area contributed by atoms with Crippen LogP contribution >= 0.6 is 23.2 Å². The lowest BCUT2D eigenvalue weighted by molar-refractivity contribution is 0.174. The molecule has 1 aliphatic heterocycles. The molecule has 122 valence electrons. The van der Waals surface area contributed by atoms with Crippen molar-refractivity contribution in [3.8, 4) is 11.5 Å². The van der Waals surface area contributed by atoms with Crippen molar-refractivity contribution >= 4 is 33.2 Å². The van der Waals surface area contributed by atoms with Gasteiger partial charge in [0, 0.05) is 11.6 Å². The summed E-state index contributed by atoms with van der Waals surface area (Å²) >= 11 is 11.8. The molecule has 0 aromatic heterocycles. The van der Waals surface area contributed by atoms with Gasteiger partial charge in [0.1, 0.15) is 4.90 Å². The van der Waals surface area contributed by atoms with Crippen LogP contribution in [0.2, 0.25) is 10.0 Å². The van der Waals surface area contributed by atoms with Gasteiger partial charge in [0.15, 0.2) is 11.5 Å². The van der Waals surface area contributed by atoms with Gasteiger partial charge in [0.25, 0.3) is 0 Å². The Kier molecular flexibility index (Phi) is 4.68. The monoisotopic (exact) mass is 373 g/mol. The van der Waals surface area contributed by atoms with Crippen molar-refractivity contribution in [3.05, 3.63) is 52.0 Å². The zero-order chi connectivity index (χ0) is 16.4. The van der Waals surface area contributed by atoms with Crippen molar-refractivity contribution in [3.63, 3.8) is 0 Å². The van der Waals surface area contributed by atoms with Crippen molar-refractivity contribution in [2.75, 3.05) is 13.3 Å². The van der Waals surface area contributed by atoms with Gasteiger partial charge in [-0.25, -0.2) is 13.1 Å². The van der Waals surface area contributed by atoms with Crippen LogP contribution in [-0.4, -0.2) is 21.8 Å². The lowest BCUT2D eigenvalue weighted by Gasteiger charge is -2.09. The molecule has 23 heavy (non-hydrogen) atoms. The van der Waals surface area contributed by atoms with E-state index in [4.69, 9.17) is 32.7 Å². The van der Waals surface area contributed by atoms with E-state index in [2.05, 4.69) is 4.72 Å². The number of hydrogen-bond acceptors (Lipinski definition) is 4.